The van der Waals surface area contributed by atoms with E-state index in [2.05, 4.69) is 4.98 Å². The van der Waals surface area contributed by atoms with Gasteiger partial charge in [-0.2, -0.15) is 0 Å². The second kappa shape index (κ2) is 5.71. The van der Waals surface area contributed by atoms with Crippen LogP contribution in [0.3, 0.4) is 0 Å². The number of hydrogen-bond acceptors (Lipinski definition) is 4. The molecule has 1 aromatic heterocycles. The van der Waals surface area contributed by atoms with Crippen molar-refractivity contribution >= 4 is 23.3 Å². The molecule has 0 atom stereocenters. The predicted molar refractivity (Wildman–Crippen MR) is 75.1 cm³/mol. The Hall–Kier alpha value is -2.07. The molecule has 98 valence electrons. The van der Waals surface area contributed by atoms with Crippen molar-refractivity contribution in [3.05, 3.63) is 47.1 Å². The van der Waals surface area contributed by atoms with Crippen LogP contribution in [0, 0.1) is 0 Å². The van der Waals surface area contributed by atoms with Gasteiger partial charge in [0.25, 0.3) is 0 Å². The number of pyridine rings is 1. The summed E-state index contributed by atoms with van der Waals surface area (Å²) in [5, 5.41) is 0.530. The van der Waals surface area contributed by atoms with E-state index in [9.17, 15) is 4.79 Å². The summed E-state index contributed by atoms with van der Waals surface area (Å²) in [5.41, 5.74) is 8.03. The fourth-order valence-electron chi connectivity index (χ4n) is 1.66. The second-order valence-electron chi connectivity index (χ2n) is 3.89. The minimum absolute atomic E-state index is 0.329. The molecule has 0 fully saturated rings. The van der Waals surface area contributed by atoms with Crippen molar-refractivity contribution in [3.63, 3.8) is 0 Å². The number of hydrogen-bond donors (Lipinski definition) is 1. The normalized spacial score (nSPS) is 10.2. The first kappa shape index (κ1) is 13.4. The Morgan fingerprint density at radius 3 is 2.89 bits per heavy atom. The van der Waals surface area contributed by atoms with Gasteiger partial charge in [0.05, 0.1) is 22.9 Å². The average Bonchev–Trinajstić information content (AvgIpc) is 2.42. The van der Waals surface area contributed by atoms with Gasteiger partial charge >= 0.3 is 5.97 Å². The van der Waals surface area contributed by atoms with Gasteiger partial charge in [-0.1, -0.05) is 11.6 Å². The number of nitrogens with two attached hydrogens (primary N) is 1. The van der Waals surface area contributed by atoms with Crippen molar-refractivity contribution in [2.75, 3.05) is 12.3 Å². The first-order chi connectivity index (χ1) is 9.11. The molecule has 5 heteroatoms. The number of ether oxygens (including phenoxy) is 1. The Bertz CT molecular complexity index is 614. The maximum Gasteiger partial charge on any atom is 0.338 e. The summed E-state index contributed by atoms with van der Waals surface area (Å²) in [6.07, 6.45) is 1.54. The van der Waals surface area contributed by atoms with Crippen LogP contribution in [-0.4, -0.2) is 17.6 Å². The number of halogens is 1. The number of nitrogens with zero attached hydrogens (tertiary/aromatic N) is 1. The van der Waals surface area contributed by atoms with Gasteiger partial charge in [0.2, 0.25) is 0 Å². The van der Waals surface area contributed by atoms with Crippen LogP contribution in [0.25, 0.3) is 11.3 Å². The Labute approximate surface area is 116 Å². The highest BCUT2D eigenvalue weighted by atomic mass is 35.5. The van der Waals surface area contributed by atoms with Crippen LogP contribution in [0.4, 0.5) is 5.69 Å². The van der Waals surface area contributed by atoms with E-state index in [1.807, 2.05) is 0 Å². The predicted octanol–water partition coefficient (Wildman–Crippen LogP) is 3.16. The largest absolute Gasteiger partial charge is 0.462 e. The molecule has 1 aromatic carbocycles. The van der Waals surface area contributed by atoms with Gasteiger partial charge in [-0.15, -0.1) is 0 Å². The third-order valence-electron chi connectivity index (χ3n) is 2.54. The summed E-state index contributed by atoms with van der Waals surface area (Å²) in [4.78, 5) is 15.9. The summed E-state index contributed by atoms with van der Waals surface area (Å²) in [6, 6.07) is 8.37. The molecule has 2 rings (SSSR count). The molecule has 0 unspecified atom stereocenters. The van der Waals surface area contributed by atoms with Gasteiger partial charge in [0.15, 0.2) is 0 Å². The molecule has 1 heterocycles. The smallest absolute Gasteiger partial charge is 0.338 e. The van der Waals surface area contributed by atoms with Crippen molar-refractivity contribution < 1.29 is 9.53 Å². The van der Waals surface area contributed by atoms with E-state index in [0.29, 0.717) is 34.1 Å². The van der Waals surface area contributed by atoms with Crippen LogP contribution < -0.4 is 5.73 Å². The molecule has 0 amide bonds. The molecule has 19 heavy (non-hydrogen) atoms. The van der Waals surface area contributed by atoms with Crippen molar-refractivity contribution in [1.82, 2.24) is 4.98 Å². The summed E-state index contributed by atoms with van der Waals surface area (Å²) in [7, 11) is 0. The van der Waals surface area contributed by atoms with E-state index >= 15 is 0 Å². The Balaban J connectivity index is 2.43. The van der Waals surface area contributed by atoms with Gasteiger partial charge in [0, 0.05) is 17.4 Å². The standard InChI is InChI=1S/C14H13ClN2O2/c1-2-19-14(18)9-5-6-17-13(7-9)11-8-10(16)3-4-12(11)15/h3-8H,2,16H2,1H3. The van der Waals surface area contributed by atoms with Crippen LogP contribution in [0.1, 0.15) is 17.3 Å². The molecule has 0 spiro atoms. The van der Waals surface area contributed by atoms with E-state index in [1.54, 1.807) is 43.5 Å². The van der Waals surface area contributed by atoms with Crippen molar-refractivity contribution in [1.29, 1.82) is 0 Å². The molecule has 0 saturated heterocycles. The van der Waals surface area contributed by atoms with Gasteiger partial charge in [-0.05, 0) is 37.3 Å². The van der Waals surface area contributed by atoms with E-state index in [-0.39, 0.29) is 5.97 Å². The summed E-state index contributed by atoms with van der Waals surface area (Å²) >= 11 is 6.11. The van der Waals surface area contributed by atoms with Crippen molar-refractivity contribution in [2.24, 2.45) is 0 Å². The first-order valence-electron chi connectivity index (χ1n) is 5.80. The average molecular weight is 277 g/mol. The zero-order chi connectivity index (χ0) is 13.8. The zero-order valence-corrected chi connectivity index (χ0v) is 11.1. The van der Waals surface area contributed by atoms with E-state index in [4.69, 9.17) is 22.1 Å². The van der Waals surface area contributed by atoms with Crippen molar-refractivity contribution in [2.45, 2.75) is 6.92 Å². The molecular formula is C14H13ClN2O2. The molecule has 0 aliphatic heterocycles. The van der Waals surface area contributed by atoms with Crippen LogP contribution >= 0.6 is 11.6 Å². The minimum Gasteiger partial charge on any atom is -0.462 e. The lowest BCUT2D eigenvalue weighted by molar-refractivity contribution is 0.0526. The fourth-order valence-corrected chi connectivity index (χ4v) is 1.87. The number of aromatic nitrogens is 1. The third kappa shape index (κ3) is 3.03. The monoisotopic (exact) mass is 276 g/mol. The lowest BCUT2D eigenvalue weighted by Gasteiger charge is -2.07. The molecule has 0 radical (unpaired) electrons. The van der Waals surface area contributed by atoms with Gasteiger partial charge < -0.3 is 10.5 Å². The van der Waals surface area contributed by atoms with Gasteiger partial charge in [-0.25, -0.2) is 4.79 Å². The number of rotatable bonds is 3. The summed E-state index contributed by atoms with van der Waals surface area (Å²) in [5.74, 6) is -0.383. The third-order valence-corrected chi connectivity index (χ3v) is 2.87. The van der Waals surface area contributed by atoms with Crippen LogP contribution in [0.5, 0.6) is 0 Å². The SMILES string of the molecule is CCOC(=O)c1ccnc(-c2cc(N)ccc2Cl)c1. The van der Waals surface area contributed by atoms with Crippen LogP contribution in [-0.2, 0) is 4.74 Å². The highest BCUT2D eigenvalue weighted by Crippen LogP contribution is 2.28. The van der Waals surface area contributed by atoms with E-state index in [1.165, 1.54) is 0 Å². The maximum atomic E-state index is 11.7. The number of benzene rings is 1. The quantitative estimate of drug-likeness (QED) is 0.691. The number of nitrogen functional groups attached to an aromatic ring is 1. The van der Waals surface area contributed by atoms with E-state index < -0.39 is 0 Å². The highest BCUT2D eigenvalue weighted by molar-refractivity contribution is 6.33. The Morgan fingerprint density at radius 2 is 2.16 bits per heavy atom. The number of anilines is 1. The summed E-state index contributed by atoms with van der Waals surface area (Å²) in [6.45, 7) is 2.09. The molecule has 0 bridgehead atoms. The lowest BCUT2D eigenvalue weighted by atomic mass is 10.1. The van der Waals surface area contributed by atoms with Crippen LogP contribution in [0.15, 0.2) is 36.5 Å². The number of carbonyl (C=O) groups excluding carboxylic acids is 1. The molecule has 0 aliphatic rings. The Kier molecular flexibility index (Phi) is 4.02. The maximum absolute atomic E-state index is 11.7. The fraction of sp³-hybridized carbons (Fsp3) is 0.143. The number of carbonyl (C=O) groups is 1. The Morgan fingerprint density at radius 1 is 1.37 bits per heavy atom. The van der Waals surface area contributed by atoms with Gasteiger partial charge in [0.1, 0.15) is 0 Å². The molecular weight excluding hydrogens is 264 g/mol. The number of esters is 1. The molecule has 2 aromatic rings. The second-order valence-corrected chi connectivity index (χ2v) is 4.30. The molecule has 2 N–H and O–H groups in total. The zero-order valence-electron chi connectivity index (χ0n) is 10.4. The van der Waals surface area contributed by atoms with E-state index in [0.717, 1.165) is 0 Å². The molecule has 4 nitrogen and oxygen atoms in total. The molecule has 0 aliphatic carbocycles. The minimum atomic E-state index is -0.383. The van der Waals surface area contributed by atoms with Crippen LogP contribution in [0.2, 0.25) is 5.02 Å². The van der Waals surface area contributed by atoms with Crippen molar-refractivity contribution in [3.8, 4) is 11.3 Å². The molecule has 0 saturated carbocycles. The topological polar surface area (TPSA) is 65.2 Å². The summed E-state index contributed by atoms with van der Waals surface area (Å²) < 4.78 is 4.95. The highest BCUT2D eigenvalue weighted by Gasteiger charge is 2.11. The first-order valence-corrected chi connectivity index (χ1v) is 6.18. The van der Waals surface area contributed by atoms with Gasteiger partial charge in [-0.3, -0.25) is 4.98 Å². The lowest BCUT2D eigenvalue weighted by Crippen LogP contribution is -2.05.